The third-order valence-corrected chi connectivity index (χ3v) is 4.21. The van der Waals surface area contributed by atoms with Crippen LogP contribution in [0.4, 0.5) is 0 Å². The van der Waals surface area contributed by atoms with E-state index in [-0.39, 0.29) is 0 Å². The maximum Gasteiger partial charge on any atom is 0.152 e. The van der Waals surface area contributed by atoms with Crippen molar-refractivity contribution in [3.8, 4) is 0 Å². The van der Waals surface area contributed by atoms with Gasteiger partial charge in [-0.1, -0.05) is 37.6 Å². The summed E-state index contributed by atoms with van der Waals surface area (Å²) in [5.74, 6) is 0.505. The minimum Gasteiger partial charge on any atom is -0.457 e. The Balaban J connectivity index is 2.43. The normalized spacial score (nSPS) is 13.8. The lowest BCUT2D eigenvalue weighted by Gasteiger charge is -2.35. The first-order valence-electron chi connectivity index (χ1n) is 7.08. The third-order valence-electron chi connectivity index (χ3n) is 3.91. The van der Waals surface area contributed by atoms with Gasteiger partial charge < -0.3 is 14.3 Å². The highest BCUT2D eigenvalue weighted by Crippen LogP contribution is 2.38. The molecule has 3 nitrogen and oxygen atoms in total. The molecule has 0 saturated heterocycles. The van der Waals surface area contributed by atoms with Crippen molar-refractivity contribution in [3.63, 3.8) is 0 Å². The number of benzene rings is 1. The number of hydrogen-bond donors (Lipinski definition) is 1. The summed E-state index contributed by atoms with van der Waals surface area (Å²) in [6, 6.07) is 7.40. The molecular weight excluding hydrogens is 276 g/mol. The molecule has 1 atom stereocenters. The van der Waals surface area contributed by atoms with Crippen molar-refractivity contribution in [1.29, 1.82) is 0 Å². The van der Waals surface area contributed by atoms with E-state index in [9.17, 15) is 5.11 Å². The van der Waals surface area contributed by atoms with Crippen LogP contribution in [0.3, 0.4) is 0 Å². The molecule has 0 fully saturated rings. The van der Waals surface area contributed by atoms with Gasteiger partial charge in [0, 0.05) is 12.0 Å². The third kappa shape index (κ3) is 2.58. The number of rotatable bonds is 6. The van der Waals surface area contributed by atoms with E-state index in [2.05, 4.69) is 0 Å². The second-order valence-electron chi connectivity index (χ2n) is 4.91. The lowest BCUT2D eigenvalue weighted by molar-refractivity contribution is -0.133. The molecule has 0 spiro atoms. The van der Waals surface area contributed by atoms with Gasteiger partial charge in [-0.05, 0) is 31.9 Å². The number of aliphatic hydroxyl groups is 1. The number of halogens is 1. The largest absolute Gasteiger partial charge is 0.457 e. The number of furan rings is 1. The van der Waals surface area contributed by atoms with E-state index in [0.29, 0.717) is 35.8 Å². The molecule has 0 aliphatic heterocycles. The number of fused-ring (bicyclic) bond motifs is 1. The highest BCUT2D eigenvalue weighted by Gasteiger charge is 2.38. The van der Waals surface area contributed by atoms with Crippen LogP contribution in [0.25, 0.3) is 11.0 Å². The smallest absolute Gasteiger partial charge is 0.152 e. The van der Waals surface area contributed by atoms with Crippen molar-refractivity contribution >= 4 is 22.6 Å². The Morgan fingerprint density at radius 2 is 2.00 bits per heavy atom. The summed E-state index contributed by atoms with van der Waals surface area (Å²) in [6.45, 7) is 6.51. The molecule has 20 heavy (non-hydrogen) atoms. The van der Waals surface area contributed by atoms with Gasteiger partial charge in [-0.15, -0.1) is 0 Å². The Morgan fingerprint density at radius 3 is 2.55 bits per heavy atom. The molecule has 1 unspecified atom stereocenters. The first-order valence-corrected chi connectivity index (χ1v) is 7.45. The number of ether oxygens (including phenoxy) is 1. The minimum absolute atomic E-state index is 0.505. The fourth-order valence-corrected chi connectivity index (χ4v) is 2.87. The molecule has 110 valence electrons. The van der Waals surface area contributed by atoms with E-state index in [1.807, 2.05) is 39.0 Å². The molecule has 0 aliphatic carbocycles. The van der Waals surface area contributed by atoms with Crippen molar-refractivity contribution in [2.45, 2.75) is 45.3 Å². The van der Waals surface area contributed by atoms with E-state index in [0.717, 1.165) is 5.39 Å². The molecule has 0 bridgehead atoms. The molecule has 0 aliphatic rings. The minimum atomic E-state index is -0.805. The summed E-state index contributed by atoms with van der Waals surface area (Å²) < 4.78 is 11.6. The van der Waals surface area contributed by atoms with E-state index >= 15 is 0 Å². The first kappa shape index (κ1) is 15.4. The topological polar surface area (TPSA) is 42.6 Å². The van der Waals surface area contributed by atoms with Gasteiger partial charge in [0.25, 0.3) is 0 Å². The Kier molecular flexibility index (Phi) is 4.74. The second kappa shape index (κ2) is 6.17. The quantitative estimate of drug-likeness (QED) is 0.839. The SMILES string of the molecule is CCOC(CC)(CC)C(O)c1cc2cccc(Cl)c2o1. The van der Waals surface area contributed by atoms with Gasteiger partial charge >= 0.3 is 0 Å². The van der Waals surface area contributed by atoms with Crippen molar-refractivity contribution in [2.24, 2.45) is 0 Å². The summed E-state index contributed by atoms with van der Waals surface area (Å²) in [6.07, 6.45) is 0.618. The van der Waals surface area contributed by atoms with Crippen LogP contribution in [0, 0.1) is 0 Å². The fraction of sp³-hybridized carbons (Fsp3) is 0.500. The van der Waals surface area contributed by atoms with Gasteiger partial charge in [0.05, 0.1) is 5.02 Å². The zero-order valence-electron chi connectivity index (χ0n) is 12.1. The lowest BCUT2D eigenvalue weighted by Crippen LogP contribution is -2.38. The van der Waals surface area contributed by atoms with Crippen LogP contribution >= 0.6 is 11.6 Å². The molecule has 0 amide bonds. The van der Waals surface area contributed by atoms with Crippen molar-refractivity contribution < 1.29 is 14.3 Å². The van der Waals surface area contributed by atoms with E-state index < -0.39 is 11.7 Å². The van der Waals surface area contributed by atoms with E-state index in [1.165, 1.54) is 0 Å². The molecule has 1 aromatic carbocycles. The van der Waals surface area contributed by atoms with E-state index in [4.69, 9.17) is 20.8 Å². The molecule has 1 heterocycles. The number of hydrogen-bond acceptors (Lipinski definition) is 3. The summed E-state index contributed by atoms with van der Waals surface area (Å²) >= 11 is 6.11. The Bertz CT molecular complexity index is 572. The molecule has 0 saturated carbocycles. The standard InChI is InChI=1S/C16H21ClO3/c1-4-16(5-2,19-6-3)15(18)13-10-11-8-7-9-12(17)14(11)20-13/h7-10,15,18H,4-6H2,1-3H3. The number of para-hydroxylation sites is 1. The number of aliphatic hydroxyl groups excluding tert-OH is 1. The van der Waals surface area contributed by atoms with Crippen LogP contribution in [-0.4, -0.2) is 17.3 Å². The van der Waals surface area contributed by atoms with Gasteiger partial charge in [0.15, 0.2) is 5.58 Å². The first-order chi connectivity index (χ1) is 9.57. The zero-order valence-corrected chi connectivity index (χ0v) is 12.9. The maximum atomic E-state index is 10.7. The monoisotopic (exact) mass is 296 g/mol. The molecule has 0 radical (unpaired) electrons. The molecular formula is C16H21ClO3. The van der Waals surface area contributed by atoms with E-state index in [1.54, 1.807) is 6.07 Å². The van der Waals surface area contributed by atoms with Crippen molar-refractivity contribution in [1.82, 2.24) is 0 Å². The van der Waals surface area contributed by atoms with Crippen LogP contribution in [0.5, 0.6) is 0 Å². The summed E-state index contributed by atoms with van der Waals surface area (Å²) in [5, 5.41) is 12.1. The highest BCUT2D eigenvalue weighted by atomic mass is 35.5. The predicted octanol–water partition coefficient (Wildman–Crippen LogP) is 4.71. The van der Waals surface area contributed by atoms with Gasteiger partial charge in [-0.3, -0.25) is 0 Å². The van der Waals surface area contributed by atoms with Crippen LogP contribution in [0.2, 0.25) is 5.02 Å². The summed E-state index contributed by atoms with van der Waals surface area (Å²) in [4.78, 5) is 0. The van der Waals surface area contributed by atoms with Gasteiger partial charge in [0.1, 0.15) is 17.5 Å². The molecule has 2 rings (SSSR count). The van der Waals surface area contributed by atoms with Gasteiger partial charge in [-0.2, -0.15) is 0 Å². The molecule has 1 N–H and O–H groups in total. The van der Waals surface area contributed by atoms with Crippen molar-refractivity contribution in [3.05, 3.63) is 35.0 Å². The average molecular weight is 297 g/mol. The molecule has 1 aromatic heterocycles. The Morgan fingerprint density at radius 1 is 1.30 bits per heavy atom. The zero-order chi connectivity index (χ0) is 14.8. The van der Waals surface area contributed by atoms with Crippen LogP contribution in [0.1, 0.15) is 45.5 Å². The average Bonchev–Trinajstić information content (AvgIpc) is 2.89. The fourth-order valence-electron chi connectivity index (χ4n) is 2.65. The van der Waals surface area contributed by atoms with Crippen LogP contribution < -0.4 is 0 Å². The lowest BCUT2D eigenvalue weighted by atomic mass is 9.88. The predicted molar refractivity (Wildman–Crippen MR) is 81.1 cm³/mol. The van der Waals surface area contributed by atoms with Gasteiger partial charge in [0.2, 0.25) is 0 Å². The highest BCUT2D eigenvalue weighted by molar-refractivity contribution is 6.34. The Labute approximate surface area is 124 Å². The summed E-state index contributed by atoms with van der Waals surface area (Å²) in [7, 11) is 0. The van der Waals surface area contributed by atoms with Gasteiger partial charge in [-0.25, -0.2) is 0 Å². The Hall–Kier alpha value is -1.03. The molecule has 2 aromatic rings. The van der Waals surface area contributed by atoms with Crippen LogP contribution in [-0.2, 0) is 4.74 Å². The maximum absolute atomic E-state index is 10.7. The van der Waals surface area contributed by atoms with Crippen molar-refractivity contribution in [2.75, 3.05) is 6.61 Å². The van der Waals surface area contributed by atoms with Crippen LogP contribution in [0.15, 0.2) is 28.7 Å². The molecule has 4 heteroatoms. The summed E-state index contributed by atoms with van der Waals surface area (Å²) in [5.41, 5.74) is -0.00410. The second-order valence-corrected chi connectivity index (χ2v) is 5.32.